The zero-order chi connectivity index (χ0) is 19.3. The number of hydrogen-bond acceptors (Lipinski definition) is 5. The number of carbonyl (C=O) groups excluding carboxylic acids is 2. The maximum Gasteiger partial charge on any atom is 0.253 e. The minimum Gasteiger partial charge on any atom is -0.352 e. The largest absolute Gasteiger partial charge is 0.352 e. The van der Waals surface area contributed by atoms with Gasteiger partial charge in [0.1, 0.15) is 0 Å². The van der Waals surface area contributed by atoms with Crippen LogP contribution in [0.25, 0.3) is 0 Å². The lowest BCUT2D eigenvalue weighted by atomic mass is 10.1. The van der Waals surface area contributed by atoms with Crippen LogP contribution in [-0.4, -0.2) is 49.3 Å². The van der Waals surface area contributed by atoms with E-state index in [0.29, 0.717) is 19.4 Å². The Kier molecular flexibility index (Phi) is 5.85. The maximum absolute atomic E-state index is 12.3. The Balaban J connectivity index is 1.56. The lowest BCUT2D eigenvalue weighted by molar-refractivity contribution is 0.0940. The van der Waals surface area contributed by atoms with Crippen LogP contribution in [0.2, 0.25) is 0 Å². The van der Waals surface area contributed by atoms with Crippen molar-refractivity contribution < 1.29 is 18.0 Å². The van der Waals surface area contributed by atoms with E-state index in [1.54, 1.807) is 0 Å². The second-order valence-electron chi connectivity index (χ2n) is 6.53. The summed E-state index contributed by atoms with van der Waals surface area (Å²) >= 11 is 0. The number of nitrogens with zero attached hydrogens (tertiary/aromatic N) is 1. The molecular weight excluding hydrogens is 366 g/mol. The summed E-state index contributed by atoms with van der Waals surface area (Å²) in [5, 5.41) is 5.50. The van der Waals surface area contributed by atoms with Crippen molar-refractivity contribution in [3.8, 4) is 0 Å². The van der Waals surface area contributed by atoms with Crippen LogP contribution in [0.15, 0.2) is 48.8 Å². The molecule has 2 heterocycles. The molecule has 1 aliphatic rings. The molecule has 27 heavy (non-hydrogen) atoms. The molecule has 1 saturated heterocycles. The number of pyridine rings is 1. The van der Waals surface area contributed by atoms with Crippen molar-refractivity contribution in [1.29, 1.82) is 0 Å². The summed E-state index contributed by atoms with van der Waals surface area (Å²) in [5.74, 6) is -0.702. The first-order chi connectivity index (χ1) is 12.9. The molecule has 0 spiro atoms. The van der Waals surface area contributed by atoms with E-state index in [-0.39, 0.29) is 28.5 Å². The van der Waals surface area contributed by atoms with Gasteiger partial charge in [0.25, 0.3) is 11.8 Å². The Hall–Kier alpha value is -2.74. The van der Waals surface area contributed by atoms with Gasteiger partial charge in [-0.05, 0) is 24.5 Å². The Morgan fingerprint density at radius 2 is 1.78 bits per heavy atom. The van der Waals surface area contributed by atoms with E-state index >= 15 is 0 Å². The predicted octanol–water partition coefficient (Wildman–Crippen LogP) is 0.971. The van der Waals surface area contributed by atoms with Gasteiger partial charge >= 0.3 is 0 Å². The molecule has 2 aromatic rings. The number of benzene rings is 1. The molecule has 0 radical (unpaired) electrons. The number of rotatable bonds is 6. The second-order valence-corrected chi connectivity index (χ2v) is 8.76. The SMILES string of the molecule is O=C(NCCc1ccccc1)c1cncc(C(=O)NC2CCS(=O)(=O)C2)c1. The molecule has 2 N–H and O–H groups in total. The van der Waals surface area contributed by atoms with Crippen LogP contribution >= 0.6 is 0 Å². The highest BCUT2D eigenvalue weighted by Crippen LogP contribution is 2.12. The summed E-state index contributed by atoms with van der Waals surface area (Å²) in [4.78, 5) is 28.5. The molecule has 1 atom stereocenters. The minimum atomic E-state index is -3.07. The van der Waals surface area contributed by atoms with Crippen molar-refractivity contribution in [2.75, 3.05) is 18.1 Å². The van der Waals surface area contributed by atoms with Crippen molar-refractivity contribution in [1.82, 2.24) is 15.6 Å². The summed E-state index contributed by atoms with van der Waals surface area (Å²) in [6.45, 7) is 0.471. The first-order valence-electron chi connectivity index (χ1n) is 8.71. The molecule has 0 bridgehead atoms. The monoisotopic (exact) mass is 387 g/mol. The van der Waals surface area contributed by atoms with E-state index < -0.39 is 21.8 Å². The summed E-state index contributed by atoms with van der Waals surface area (Å²) in [7, 11) is -3.07. The van der Waals surface area contributed by atoms with Crippen molar-refractivity contribution in [2.24, 2.45) is 0 Å². The van der Waals surface area contributed by atoms with Gasteiger partial charge in [-0.15, -0.1) is 0 Å². The van der Waals surface area contributed by atoms with E-state index in [0.717, 1.165) is 5.56 Å². The molecule has 1 fully saturated rings. The van der Waals surface area contributed by atoms with Crippen LogP contribution in [0.3, 0.4) is 0 Å². The number of sulfone groups is 1. The fourth-order valence-corrected chi connectivity index (χ4v) is 4.61. The van der Waals surface area contributed by atoms with E-state index in [9.17, 15) is 18.0 Å². The molecule has 0 aliphatic carbocycles. The third-order valence-corrected chi connectivity index (χ3v) is 6.14. The minimum absolute atomic E-state index is 0.0498. The van der Waals surface area contributed by atoms with Crippen LogP contribution < -0.4 is 10.6 Å². The fourth-order valence-electron chi connectivity index (χ4n) is 2.93. The van der Waals surface area contributed by atoms with Gasteiger partial charge in [-0.2, -0.15) is 0 Å². The van der Waals surface area contributed by atoms with Crippen LogP contribution in [-0.2, 0) is 16.3 Å². The van der Waals surface area contributed by atoms with Crippen molar-refractivity contribution in [3.63, 3.8) is 0 Å². The number of aromatic nitrogens is 1. The zero-order valence-electron chi connectivity index (χ0n) is 14.7. The topological polar surface area (TPSA) is 105 Å². The van der Waals surface area contributed by atoms with Gasteiger partial charge < -0.3 is 10.6 Å². The molecule has 7 nitrogen and oxygen atoms in total. The standard InChI is InChI=1S/C19H21N3O4S/c23-18(21-8-6-14-4-2-1-3-5-14)15-10-16(12-20-11-15)19(24)22-17-7-9-27(25,26)13-17/h1-5,10-12,17H,6-9,13H2,(H,21,23)(H,22,24). The highest BCUT2D eigenvalue weighted by Gasteiger charge is 2.29. The Bertz CT molecular complexity index is 929. The molecule has 2 amide bonds. The summed E-state index contributed by atoms with van der Waals surface area (Å²) in [5.41, 5.74) is 1.64. The van der Waals surface area contributed by atoms with Crippen molar-refractivity contribution in [3.05, 3.63) is 65.5 Å². The number of nitrogens with one attached hydrogen (secondary N) is 2. The quantitative estimate of drug-likeness (QED) is 0.768. The molecule has 1 unspecified atom stereocenters. The molecule has 1 aliphatic heterocycles. The lowest BCUT2D eigenvalue weighted by Crippen LogP contribution is -2.35. The lowest BCUT2D eigenvalue weighted by Gasteiger charge is -2.11. The predicted molar refractivity (Wildman–Crippen MR) is 101 cm³/mol. The molecular formula is C19H21N3O4S. The van der Waals surface area contributed by atoms with Crippen LogP contribution in [0.4, 0.5) is 0 Å². The number of amides is 2. The molecule has 1 aromatic heterocycles. The van der Waals surface area contributed by atoms with Crippen LogP contribution in [0.1, 0.15) is 32.7 Å². The third-order valence-electron chi connectivity index (χ3n) is 4.37. The van der Waals surface area contributed by atoms with E-state index in [1.807, 2.05) is 30.3 Å². The Labute approximate surface area is 158 Å². The average molecular weight is 387 g/mol. The molecule has 8 heteroatoms. The first kappa shape index (κ1) is 19.0. The highest BCUT2D eigenvalue weighted by atomic mass is 32.2. The molecule has 3 rings (SSSR count). The van der Waals surface area contributed by atoms with Crippen molar-refractivity contribution >= 4 is 21.7 Å². The highest BCUT2D eigenvalue weighted by molar-refractivity contribution is 7.91. The van der Waals surface area contributed by atoms with E-state index in [2.05, 4.69) is 15.6 Å². The molecule has 142 valence electrons. The first-order valence-corrected chi connectivity index (χ1v) is 10.5. The second kappa shape index (κ2) is 8.30. The van der Waals surface area contributed by atoms with Crippen LogP contribution in [0.5, 0.6) is 0 Å². The van der Waals surface area contributed by atoms with E-state index in [1.165, 1.54) is 18.5 Å². The van der Waals surface area contributed by atoms with Crippen LogP contribution in [0, 0.1) is 0 Å². The summed E-state index contributed by atoms with van der Waals surface area (Å²) < 4.78 is 23.0. The van der Waals surface area contributed by atoms with Gasteiger partial charge in [-0.1, -0.05) is 30.3 Å². The summed E-state index contributed by atoms with van der Waals surface area (Å²) in [6.07, 6.45) is 3.87. The third kappa shape index (κ3) is 5.37. The van der Waals surface area contributed by atoms with Gasteiger partial charge in [-0.25, -0.2) is 8.42 Å². The number of carbonyl (C=O) groups is 2. The Morgan fingerprint density at radius 1 is 1.07 bits per heavy atom. The van der Waals surface area contributed by atoms with Crippen molar-refractivity contribution in [2.45, 2.75) is 18.9 Å². The molecule has 1 aromatic carbocycles. The van der Waals surface area contributed by atoms with Gasteiger partial charge in [0, 0.05) is 25.0 Å². The normalized spacial score (nSPS) is 18.0. The zero-order valence-corrected chi connectivity index (χ0v) is 15.5. The van der Waals surface area contributed by atoms with Gasteiger partial charge in [0.15, 0.2) is 9.84 Å². The van der Waals surface area contributed by atoms with Gasteiger partial charge in [-0.3, -0.25) is 14.6 Å². The van der Waals surface area contributed by atoms with Gasteiger partial charge in [0.2, 0.25) is 0 Å². The van der Waals surface area contributed by atoms with Gasteiger partial charge in [0.05, 0.1) is 22.6 Å². The fraction of sp³-hybridized carbons (Fsp3) is 0.316. The molecule has 0 saturated carbocycles. The average Bonchev–Trinajstić information content (AvgIpc) is 3.01. The number of hydrogen-bond donors (Lipinski definition) is 2. The Morgan fingerprint density at radius 3 is 2.44 bits per heavy atom. The summed E-state index contributed by atoms with van der Waals surface area (Å²) in [6, 6.07) is 10.9. The maximum atomic E-state index is 12.3. The smallest absolute Gasteiger partial charge is 0.253 e. The van der Waals surface area contributed by atoms with E-state index in [4.69, 9.17) is 0 Å².